The number of hydrogen-bond donors (Lipinski definition) is 2. The average Bonchev–Trinajstić information content (AvgIpc) is 2.89. The minimum atomic E-state index is -3.76. The highest BCUT2D eigenvalue weighted by molar-refractivity contribution is 7.92. The molecule has 0 aliphatic carbocycles. The number of nitrogens with zero attached hydrogens (tertiary/aromatic N) is 1. The lowest BCUT2D eigenvalue weighted by atomic mass is 10.2. The van der Waals surface area contributed by atoms with Crippen molar-refractivity contribution >= 4 is 57.0 Å². The van der Waals surface area contributed by atoms with Crippen LogP contribution in [-0.4, -0.2) is 26.5 Å². The van der Waals surface area contributed by atoms with Crippen molar-refractivity contribution in [1.29, 1.82) is 0 Å². The molecule has 0 bridgehead atoms. The zero-order chi connectivity index (χ0) is 28.0. The average molecular weight is 582 g/mol. The van der Waals surface area contributed by atoms with Gasteiger partial charge in [0.15, 0.2) is 0 Å². The summed E-state index contributed by atoms with van der Waals surface area (Å²) in [5.74, 6) is -0.896. The van der Waals surface area contributed by atoms with Crippen LogP contribution in [0.4, 0.5) is 5.69 Å². The summed E-state index contributed by atoms with van der Waals surface area (Å²) in [5.41, 5.74) is 4.65. The Hall–Kier alpha value is -4.18. The van der Waals surface area contributed by atoms with E-state index in [0.29, 0.717) is 16.3 Å². The van der Waals surface area contributed by atoms with E-state index in [1.54, 1.807) is 36.4 Å². The van der Waals surface area contributed by atoms with Gasteiger partial charge >= 0.3 is 5.97 Å². The lowest BCUT2D eigenvalue weighted by Gasteiger charge is -2.09. The van der Waals surface area contributed by atoms with Crippen LogP contribution in [0, 0.1) is 6.92 Å². The number of nitrogens with one attached hydrogen (secondary N) is 2. The highest BCUT2D eigenvalue weighted by Gasteiger charge is 2.15. The molecule has 0 aliphatic heterocycles. The summed E-state index contributed by atoms with van der Waals surface area (Å²) in [7, 11) is -3.76. The van der Waals surface area contributed by atoms with Gasteiger partial charge in [0, 0.05) is 16.3 Å². The van der Waals surface area contributed by atoms with Gasteiger partial charge in [-0.05, 0) is 79.2 Å². The number of aryl methyl sites for hydroxylation is 1. The van der Waals surface area contributed by atoms with Crippen LogP contribution in [0.3, 0.4) is 0 Å². The van der Waals surface area contributed by atoms with Gasteiger partial charge in [0.1, 0.15) is 5.75 Å². The van der Waals surface area contributed by atoms with E-state index in [4.69, 9.17) is 27.9 Å². The summed E-state index contributed by atoms with van der Waals surface area (Å²) in [4.78, 5) is 25.0. The molecule has 4 aromatic rings. The van der Waals surface area contributed by atoms with E-state index in [1.165, 1.54) is 60.8 Å². The third-order valence-electron chi connectivity index (χ3n) is 5.33. The number of halogens is 2. The molecule has 0 radical (unpaired) electrons. The zero-order valence-corrected chi connectivity index (χ0v) is 22.7. The lowest BCUT2D eigenvalue weighted by molar-refractivity contribution is 0.0734. The first-order chi connectivity index (χ1) is 18.6. The third-order valence-corrected chi connectivity index (χ3v) is 7.27. The van der Waals surface area contributed by atoms with Gasteiger partial charge in [-0.1, -0.05) is 53.0 Å². The summed E-state index contributed by atoms with van der Waals surface area (Å²) in [5, 5.41) is 4.51. The van der Waals surface area contributed by atoms with Crippen molar-refractivity contribution in [3.8, 4) is 5.75 Å². The molecule has 39 heavy (non-hydrogen) atoms. The number of hydrogen-bond acceptors (Lipinski definition) is 6. The van der Waals surface area contributed by atoms with Gasteiger partial charge in [0.05, 0.1) is 21.7 Å². The van der Waals surface area contributed by atoms with Crippen LogP contribution in [0.1, 0.15) is 31.8 Å². The monoisotopic (exact) mass is 581 g/mol. The second-order valence-electron chi connectivity index (χ2n) is 8.28. The molecule has 4 rings (SSSR count). The number of anilines is 1. The fraction of sp³-hybridized carbons (Fsp3) is 0.0357. The van der Waals surface area contributed by atoms with Crippen LogP contribution in [0.15, 0.2) is 101 Å². The molecule has 0 spiro atoms. The molecule has 0 aliphatic rings. The molecule has 0 atom stereocenters. The van der Waals surface area contributed by atoms with Crippen LogP contribution in [-0.2, 0) is 10.0 Å². The van der Waals surface area contributed by atoms with Gasteiger partial charge in [-0.25, -0.2) is 18.6 Å². The number of esters is 1. The summed E-state index contributed by atoms with van der Waals surface area (Å²) in [6.07, 6.45) is 1.38. The molecular weight excluding hydrogens is 561 g/mol. The summed E-state index contributed by atoms with van der Waals surface area (Å²) >= 11 is 11.9. The number of carbonyl (C=O) groups is 2. The topological polar surface area (TPSA) is 114 Å². The van der Waals surface area contributed by atoms with Gasteiger partial charge in [-0.15, -0.1) is 0 Å². The van der Waals surface area contributed by atoms with Gasteiger partial charge < -0.3 is 4.74 Å². The summed E-state index contributed by atoms with van der Waals surface area (Å²) in [6, 6.07) is 23.3. The molecule has 2 N–H and O–H groups in total. The van der Waals surface area contributed by atoms with E-state index in [0.717, 1.165) is 5.56 Å². The first kappa shape index (κ1) is 27.8. The standard InChI is InChI=1S/C28H21Cl2N3O5S/c1-18-5-12-24(13-6-18)39(36,37)33-22-10-7-20(8-11-22)27(34)32-31-17-19-3-2-4-23(15-19)38-28(35)25-14-9-21(29)16-26(25)30/h2-17,33H,1H3,(H,32,34)/b31-17-. The fourth-order valence-corrected chi connectivity index (χ4v) is 4.87. The maximum atomic E-state index is 12.5. The van der Waals surface area contributed by atoms with Crippen molar-refractivity contribution in [1.82, 2.24) is 5.43 Å². The molecule has 0 aromatic heterocycles. The molecule has 0 saturated carbocycles. The van der Waals surface area contributed by atoms with Gasteiger partial charge in [0.25, 0.3) is 15.9 Å². The molecule has 1 amide bonds. The maximum absolute atomic E-state index is 12.5. The van der Waals surface area contributed by atoms with Gasteiger partial charge in [0.2, 0.25) is 0 Å². The molecule has 4 aromatic carbocycles. The minimum Gasteiger partial charge on any atom is -0.423 e. The Morgan fingerprint density at radius 1 is 0.897 bits per heavy atom. The van der Waals surface area contributed by atoms with E-state index >= 15 is 0 Å². The van der Waals surface area contributed by atoms with Crippen molar-refractivity contribution in [2.24, 2.45) is 5.10 Å². The van der Waals surface area contributed by atoms with Crippen LogP contribution in [0.2, 0.25) is 10.0 Å². The summed E-state index contributed by atoms with van der Waals surface area (Å²) < 4.78 is 32.9. The third kappa shape index (κ3) is 7.44. The number of sulfonamides is 1. The van der Waals surface area contributed by atoms with Crippen LogP contribution in [0.25, 0.3) is 0 Å². The Kier molecular flexibility index (Phi) is 8.65. The number of amides is 1. The molecule has 198 valence electrons. The second-order valence-corrected chi connectivity index (χ2v) is 10.8. The number of benzene rings is 4. The van der Waals surface area contributed by atoms with E-state index in [2.05, 4.69) is 15.2 Å². The van der Waals surface area contributed by atoms with Crippen molar-refractivity contribution in [2.75, 3.05) is 4.72 Å². The molecule has 0 saturated heterocycles. The molecule has 8 nitrogen and oxygen atoms in total. The SMILES string of the molecule is Cc1ccc(S(=O)(=O)Nc2ccc(C(=O)N/N=C\c3cccc(OC(=O)c4ccc(Cl)cc4Cl)c3)cc2)cc1. The van der Waals surface area contributed by atoms with Crippen LogP contribution < -0.4 is 14.9 Å². The smallest absolute Gasteiger partial charge is 0.345 e. The Morgan fingerprint density at radius 3 is 2.31 bits per heavy atom. The normalized spacial score (nSPS) is 11.3. The fourth-order valence-electron chi connectivity index (χ4n) is 3.33. The zero-order valence-electron chi connectivity index (χ0n) is 20.4. The Morgan fingerprint density at radius 2 is 1.62 bits per heavy atom. The maximum Gasteiger partial charge on any atom is 0.345 e. The Labute approximate surface area is 235 Å². The van der Waals surface area contributed by atoms with E-state index < -0.39 is 21.9 Å². The quantitative estimate of drug-likeness (QED) is 0.113. The molecule has 0 heterocycles. The van der Waals surface area contributed by atoms with Crippen LogP contribution >= 0.6 is 23.2 Å². The Bertz CT molecular complexity index is 1660. The van der Waals surface area contributed by atoms with E-state index in [-0.39, 0.29) is 26.8 Å². The molecule has 11 heteroatoms. The van der Waals surface area contributed by atoms with Crippen molar-refractivity contribution in [2.45, 2.75) is 11.8 Å². The van der Waals surface area contributed by atoms with Gasteiger partial charge in [-0.2, -0.15) is 5.10 Å². The lowest BCUT2D eigenvalue weighted by Crippen LogP contribution is -2.18. The number of hydrazone groups is 1. The summed E-state index contributed by atoms with van der Waals surface area (Å²) in [6.45, 7) is 1.87. The Balaban J connectivity index is 1.34. The van der Waals surface area contributed by atoms with Crippen molar-refractivity contribution in [3.63, 3.8) is 0 Å². The first-order valence-electron chi connectivity index (χ1n) is 11.4. The number of ether oxygens (including phenoxy) is 1. The van der Waals surface area contributed by atoms with Crippen LogP contribution in [0.5, 0.6) is 5.75 Å². The van der Waals surface area contributed by atoms with Crippen molar-refractivity contribution < 1.29 is 22.7 Å². The molecule has 0 unspecified atom stereocenters. The largest absolute Gasteiger partial charge is 0.423 e. The number of rotatable bonds is 8. The highest BCUT2D eigenvalue weighted by atomic mass is 35.5. The number of carbonyl (C=O) groups excluding carboxylic acids is 2. The van der Waals surface area contributed by atoms with Gasteiger partial charge in [-0.3, -0.25) is 9.52 Å². The van der Waals surface area contributed by atoms with Crippen molar-refractivity contribution in [3.05, 3.63) is 123 Å². The molecular formula is C28H21Cl2N3O5S. The first-order valence-corrected chi connectivity index (χ1v) is 13.6. The predicted octanol–water partition coefficient (Wildman–Crippen LogP) is 6.09. The predicted molar refractivity (Wildman–Crippen MR) is 151 cm³/mol. The van der Waals surface area contributed by atoms with E-state index in [1.807, 2.05) is 6.92 Å². The van der Waals surface area contributed by atoms with E-state index in [9.17, 15) is 18.0 Å². The molecule has 0 fully saturated rings. The minimum absolute atomic E-state index is 0.136. The second kappa shape index (κ2) is 12.1. The highest BCUT2D eigenvalue weighted by Crippen LogP contribution is 2.23.